The van der Waals surface area contributed by atoms with Crippen LogP contribution in [0.5, 0.6) is 11.5 Å². The van der Waals surface area contributed by atoms with Gasteiger partial charge in [0.15, 0.2) is 0 Å². The molecule has 0 bridgehead atoms. The Balaban J connectivity index is 0.000000589. The minimum Gasteiger partial charge on any atom is -0.496 e. The number of amides is 1. The van der Waals surface area contributed by atoms with E-state index < -0.39 is 0 Å². The van der Waals surface area contributed by atoms with E-state index in [-0.39, 0.29) is 11.8 Å². The van der Waals surface area contributed by atoms with E-state index in [9.17, 15) is 4.79 Å². The third kappa shape index (κ3) is 4.74. The zero-order chi connectivity index (χ0) is 21.8. The number of nitrogens with one attached hydrogen (secondary N) is 1. The summed E-state index contributed by atoms with van der Waals surface area (Å²) in [5.74, 6) is 2.27. The van der Waals surface area contributed by atoms with Crippen molar-refractivity contribution in [2.75, 3.05) is 40.7 Å². The summed E-state index contributed by atoms with van der Waals surface area (Å²) in [6.45, 7) is 0. The van der Waals surface area contributed by atoms with Crippen LogP contribution in [-0.4, -0.2) is 55.7 Å². The predicted octanol–water partition coefficient (Wildman–Crippen LogP) is 3.78. The van der Waals surface area contributed by atoms with E-state index in [0.29, 0.717) is 5.82 Å². The van der Waals surface area contributed by atoms with E-state index in [0.717, 1.165) is 46.5 Å². The van der Waals surface area contributed by atoms with Crippen LogP contribution in [0.25, 0.3) is 22.2 Å². The van der Waals surface area contributed by atoms with Crippen molar-refractivity contribution in [2.45, 2.75) is 12.8 Å². The molecule has 1 saturated carbocycles. The minimum absolute atomic E-state index is 0.0550. The second-order valence-corrected chi connectivity index (χ2v) is 7.86. The molecule has 0 spiro atoms. The average molecular weight is 411 g/mol. The second kappa shape index (κ2) is 9.17. The average Bonchev–Trinajstić information content (AvgIpc) is 3.52. The lowest BCUT2D eigenvalue weighted by molar-refractivity contribution is -0.117. The van der Waals surface area contributed by atoms with Crippen molar-refractivity contribution in [1.29, 1.82) is 0 Å². The summed E-state index contributed by atoms with van der Waals surface area (Å²) in [6, 6.07) is 9.69. The number of pyridine rings is 1. The Kier molecular flexibility index (Phi) is 6.62. The number of hydrogen-bond acceptors (Lipinski definition) is 5. The van der Waals surface area contributed by atoms with Gasteiger partial charge in [0.2, 0.25) is 5.91 Å². The molecule has 0 atom stereocenters. The lowest BCUT2D eigenvalue weighted by Crippen LogP contribution is -2.14. The van der Waals surface area contributed by atoms with Crippen LogP contribution in [0.3, 0.4) is 0 Å². The van der Waals surface area contributed by atoms with Crippen LogP contribution in [0, 0.1) is 5.92 Å². The first-order valence-electron chi connectivity index (χ1n) is 9.94. The highest BCUT2D eigenvalue weighted by Gasteiger charge is 2.29. The monoisotopic (exact) mass is 410 g/mol. The van der Waals surface area contributed by atoms with E-state index in [2.05, 4.69) is 20.9 Å². The number of anilines is 1. The molecule has 0 unspecified atom stereocenters. The first-order valence-corrected chi connectivity index (χ1v) is 9.94. The third-order valence-electron chi connectivity index (χ3n) is 4.81. The normalized spacial score (nSPS) is 13.0. The zero-order valence-corrected chi connectivity index (χ0v) is 18.5. The van der Waals surface area contributed by atoms with Crippen LogP contribution < -0.4 is 14.8 Å². The van der Waals surface area contributed by atoms with Gasteiger partial charge in [0, 0.05) is 18.4 Å². The number of aryl methyl sites for hydroxylation is 1. The van der Waals surface area contributed by atoms with Gasteiger partial charge in [-0.15, -0.1) is 0 Å². The molecule has 1 N–H and O–H groups in total. The number of rotatable bonds is 5. The van der Waals surface area contributed by atoms with Crippen molar-refractivity contribution in [3.8, 4) is 22.8 Å². The van der Waals surface area contributed by atoms with Gasteiger partial charge in [0.05, 0.1) is 37.2 Å². The van der Waals surface area contributed by atoms with Crippen LogP contribution in [0.15, 0.2) is 36.5 Å². The fourth-order valence-corrected chi connectivity index (χ4v) is 3.22. The van der Waals surface area contributed by atoms with Crippen molar-refractivity contribution < 1.29 is 14.3 Å². The van der Waals surface area contributed by atoms with Crippen LogP contribution in [0.2, 0.25) is 0 Å². The summed E-state index contributed by atoms with van der Waals surface area (Å²) in [7, 11) is 11.3. The third-order valence-corrected chi connectivity index (χ3v) is 4.81. The zero-order valence-electron chi connectivity index (χ0n) is 18.5. The van der Waals surface area contributed by atoms with Crippen molar-refractivity contribution >= 4 is 22.6 Å². The topological polar surface area (TPSA) is 68.6 Å². The van der Waals surface area contributed by atoms with Crippen molar-refractivity contribution in [3.63, 3.8) is 0 Å². The molecule has 1 fully saturated rings. The number of carbonyl (C=O) groups is 1. The molecule has 3 aromatic rings. The summed E-state index contributed by atoms with van der Waals surface area (Å²) in [4.78, 5) is 18.4. The molecule has 2 aromatic heterocycles. The molecule has 7 nitrogen and oxygen atoms in total. The second-order valence-electron chi connectivity index (χ2n) is 7.86. The predicted molar refractivity (Wildman–Crippen MR) is 120 cm³/mol. The highest BCUT2D eigenvalue weighted by molar-refractivity contribution is 5.96. The Morgan fingerprint density at radius 2 is 1.73 bits per heavy atom. The molecule has 1 amide bonds. The SMILES string of the molecule is CN(C)C.COc1cccc(OC)c1-c1cc2cc(NC(=O)C3CC3)ncc2n1C. The molecule has 30 heavy (non-hydrogen) atoms. The molecular formula is C23H30N4O3. The first kappa shape index (κ1) is 21.6. The maximum absolute atomic E-state index is 12.0. The molecule has 0 saturated heterocycles. The fourth-order valence-electron chi connectivity index (χ4n) is 3.22. The number of hydrogen-bond donors (Lipinski definition) is 1. The molecule has 1 aliphatic rings. The number of methoxy groups -OCH3 is 2. The van der Waals surface area contributed by atoms with E-state index in [4.69, 9.17) is 9.47 Å². The van der Waals surface area contributed by atoms with Crippen LogP contribution in [-0.2, 0) is 11.8 Å². The van der Waals surface area contributed by atoms with E-state index >= 15 is 0 Å². The molecule has 160 valence electrons. The fraction of sp³-hybridized carbons (Fsp3) is 0.391. The maximum Gasteiger partial charge on any atom is 0.228 e. The van der Waals surface area contributed by atoms with Gasteiger partial charge < -0.3 is 24.3 Å². The first-order chi connectivity index (χ1) is 14.3. The summed E-state index contributed by atoms with van der Waals surface area (Å²) in [5.41, 5.74) is 2.82. The summed E-state index contributed by atoms with van der Waals surface area (Å²) in [6.07, 6.45) is 3.72. The Morgan fingerprint density at radius 3 is 2.27 bits per heavy atom. The number of ether oxygens (including phenoxy) is 2. The molecule has 7 heteroatoms. The van der Waals surface area contributed by atoms with Crippen LogP contribution in [0.4, 0.5) is 5.82 Å². The van der Waals surface area contributed by atoms with Gasteiger partial charge in [-0.2, -0.15) is 0 Å². The molecule has 1 aliphatic carbocycles. The Hall–Kier alpha value is -3.06. The number of carbonyl (C=O) groups excluding carboxylic acids is 1. The molecule has 4 rings (SSSR count). The minimum atomic E-state index is 0.0550. The van der Waals surface area contributed by atoms with Gasteiger partial charge in [-0.1, -0.05) is 6.07 Å². The van der Waals surface area contributed by atoms with Gasteiger partial charge in [0.25, 0.3) is 0 Å². The van der Waals surface area contributed by atoms with Gasteiger partial charge in [0.1, 0.15) is 17.3 Å². The highest BCUT2D eigenvalue weighted by atomic mass is 16.5. The lowest BCUT2D eigenvalue weighted by atomic mass is 10.1. The molecule has 0 radical (unpaired) electrons. The maximum atomic E-state index is 12.0. The van der Waals surface area contributed by atoms with E-state index in [1.165, 1.54) is 0 Å². The van der Waals surface area contributed by atoms with Gasteiger partial charge in [-0.3, -0.25) is 4.79 Å². The van der Waals surface area contributed by atoms with Crippen molar-refractivity contribution in [1.82, 2.24) is 14.5 Å². The largest absolute Gasteiger partial charge is 0.496 e. The van der Waals surface area contributed by atoms with Crippen molar-refractivity contribution in [3.05, 3.63) is 36.5 Å². The van der Waals surface area contributed by atoms with Crippen molar-refractivity contribution in [2.24, 2.45) is 13.0 Å². The van der Waals surface area contributed by atoms with Gasteiger partial charge >= 0.3 is 0 Å². The van der Waals surface area contributed by atoms with Crippen LogP contribution >= 0.6 is 0 Å². The number of fused-ring (bicyclic) bond motifs is 1. The number of aromatic nitrogens is 2. The summed E-state index contributed by atoms with van der Waals surface area (Å²) >= 11 is 0. The molecular weight excluding hydrogens is 380 g/mol. The molecule has 2 heterocycles. The highest BCUT2D eigenvalue weighted by Crippen LogP contribution is 2.40. The van der Waals surface area contributed by atoms with Crippen LogP contribution in [0.1, 0.15) is 12.8 Å². The Labute approximate surface area is 177 Å². The summed E-state index contributed by atoms with van der Waals surface area (Å²) in [5, 5.41) is 3.90. The lowest BCUT2D eigenvalue weighted by Gasteiger charge is -2.13. The van der Waals surface area contributed by atoms with Gasteiger partial charge in [-0.25, -0.2) is 4.98 Å². The molecule has 1 aromatic carbocycles. The Morgan fingerprint density at radius 1 is 1.13 bits per heavy atom. The van der Waals surface area contributed by atoms with E-state index in [1.807, 2.05) is 57.4 Å². The standard InChI is InChI=1S/C20H21N3O3.C3H9N/c1-23-14(19-16(25-2)5-4-6-17(19)26-3)9-13-10-18(21-11-15(13)23)22-20(24)12-7-8-12;1-4(2)3/h4-6,9-12H,7-8H2,1-3H3,(H,21,22,24);1-3H3. The number of nitrogens with zero attached hydrogens (tertiary/aromatic N) is 3. The molecule has 0 aliphatic heterocycles. The number of benzene rings is 1. The summed E-state index contributed by atoms with van der Waals surface area (Å²) < 4.78 is 13.1. The quantitative estimate of drug-likeness (QED) is 0.693. The van der Waals surface area contributed by atoms with Gasteiger partial charge in [-0.05, 0) is 58.3 Å². The Bertz CT molecular complexity index is 1010. The van der Waals surface area contributed by atoms with E-state index in [1.54, 1.807) is 20.4 Å². The smallest absolute Gasteiger partial charge is 0.228 e.